The van der Waals surface area contributed by atoms with Crippen molar-refractivity contribution in [3.8, 4) is 0 Å². The average molecular weight is 264 g/mol. The number of hydrogen-bond acceptors (Lipinski definition) is 3. The van der Waals surface area contributed by atoms with E-state index in [2.05, 4.69) is 5.32 Å². The first-order valence-electron chi connectivity index (χ1n) is 5.91. The molecule has 0 aliphatic carbocycles. The number of thioether (sulfide) groups is 1. The normalized spacial score (nSPS) is 16.6. The number of imide groups is 1. The molecule has 0 spiro atoms. The molecule has 1 unspecified atom stereocenters. The first-order chi connectivity index (χ1) is 8.59. The summed E-state index contributed by atoms with van der Waals surface area (Å²) in [5.74, 6) is -0.127. The van der Waals surface area contributed by atoms with Gasteiger partial charge in [-0.05, 0) is 25.5 Å². The zero-order valence-electron chi connectivity index (χ0n) is 10.5. The van der Waals surface area contributed by atoms with Crippen LogP contribution in [0.5, 0.6) is 0 Å². The van der Waals surface area contributed by atoms with E-state index in [0.717, 1.165) is 10.5 Å². The van der Waals surface area contributed by atoms with Crippen LogP contribution in [0.4, 0.5) is 4.79 Å². The minimum absolute atomic E-state index is 0.127. The van der Waals surface area contributed by atoms with Crippen LogP contribution in [0.25, 0.3) is 0 Å². The van der Waals surface area contributed by atoms with Gasteiger partial charge in [-0.2, -0.15) is 0 Å². The third-order valence-corrected chi connectivity index (χ3v) is 4.14. The molecule has 1 fully saturated rings. The van der Waals surface area contributed by atoms with Crippen LogP contribution >= 0.6 is 11.8 Å². The SMILES string of the molecule is Cc1ccccc1SC(C)C(=O)N1CCNC1=O. The van der Waals surface area contributed by atoms with Crippen molar-refractivity contribution in [1.82, 2.24) is 10.2 Å². The molecule has 18 heavy (non-hydrogen) atoms. The minimum atomic E-state index is -0.280. The van der Waals surface area contributed by atoms with Gasteiger partial charge in [-0.15, -0.1) is 11.8 Å². The number of benzene rings is 1. The van der Waals surface area contributed by atoms with Crippen LogP contribution in [0.2, 0.25) is 0 Å². The molecule has 1 aromatic rings. The predicted octanol–water partition coefficient (Wildman–Crippen LogP) is 2.03. The second kappa shape index (κ2) is 5.44. The van der Waals surface area contributed by atoms with Gasteiger partial charge in [0, 0.05) is 18.0 Å². The van der Waals surface area contributed by atoms with E-state index in [0.29, 0.717) is 13.1 Å². The first kappa shape index (κ1) is 13.0. The van der Waals surface area contributed by atoms with E-state index in [9.17, 15) is 9.59 Å². The van der Waals surface area contributed by atoms with Gasteiger partial charge in [0.05, 0.1) is 5.25 Å². The maximum atomic E-state index is 12.1. The van der Waals surface area contributed by atoms with Crippen LogP contribution in [0, 0.1) is 6.92 Å². The van der Waals surface area contributed by atoms with Crippen molar-refractivity contribution in [2.45, 2.75) is 24.0 Å². The number of amides is 3. The molecule has 2 rings (SSSR count). The molecule has 1 aromatic carbocycles. The quantitative estimate of drug-likeness (QED) is 0.850. The summed E-state index contributed by atoms with van der Waals surface area (Å²) in [5.41, 5.74) is 1.15. The Morgan fingerprint density at radius 3 is 2.78 bits per heavy atom. The Balaban J connectivity index is 2.04. The van der Waals surface area contributed by atoms with E-state index in [1.807, 2.05) is 38.1 Å². The summed E-state index contributed by atoms with van der Waals surface area (Å²) < 4.78 is 0. The maximum Gasteiger partial charge on any atom is 0.324 e. The van der Waals surface area contributed by atoms with Crippen molar-refractivity contribution in [1.29, 1.82) is 0 Å². The van der Waals surface area contributed by atoms with Gasteiger partial charge in [0.15, 0.2) is 0 Å². The minimum Gasteiger partial charge on any atom is -0.336 e. The maximum absolute atomic E-state index is 12.1. The zero-order valence-corrected chi connectivity index (χ0v) is 11.3. The number of urea groups is 1. The Hall–Kier alpha value is -1.49. The molecule has 0 radical (unpaired) electrons. The predicted molar refractivity (Wildman–Crippen MR) is 71.6 cm³/mol. The highest BCUT2D eigenvalue weighted by Crippen LogP contribution is 2.27. The molecule has 96 valence electrons. The van der Waals surface area contributed by atoms with Crippen LogP contribution in [-0.2, 0) is 4.79 Å². The van der Waals surface area contributed by atoms with Gasteiger partial charge >= 0.3 is 6.03 Å². The van der Waals surface area contributed by atoms with Crippen LogP contribution in [0.1, 0.15) is 12.5 Å². The molecular weight excluding hydrogens is 248 g/mol. The number of nitrogens with zero attached hydrogens (tertiary/aromatic N) is 1. The summed E-state index contributed by atoms with van der Waals surface area (Å²) in [6.45, 7) is 4.87. The van der Waals surface area contributed by atoms with E-state index < -0.39 is 0 Å². The Morgan fingerprint density at radius 2 is 2.17 bits per heavy atom. The third kappa shape index (κ3) is 2.67. The van der Waals surface area contributed by atoms with Crippen LogP contribution in [0.3, 0.4) is 0 Å². The smallest absolute Gasteiger partial charge is 0.324 e. The molecule has 4 nitrogen and oxygen atoms in total. The van der Waals surface area contributed by atoms with E-state index >= 15 is 0 Å². The number of aryl methyl sites for hydroxylation is 1. The highest BCUT2D eigenvalue weighted by molar-refractivity contribution is 8.00. The monoisotopic (exact) mass is 264 g/mol. The molecule has 3 amide bonds. The highest BCUT2D eigenvalue weighted by Gasteiger charge is 2.30. The van der Waals surface area contributed by atoms with Crippen molar-refractivity contribution in [3.63, 3.8) is 0 Å². The van der Waals surface area contributed by atoms with Crippen molar-refractivity contribution in [3.05, 3.63) is 29.8 Å². The zero-order chi connectivity index (χ0) is 13.1. The van der Waals surface area contributed by atoms with Crippen molar-refractivity contribution < 1.29 is 9.59 Å². The second-order valence-electron chi connectivity index (χ2n) is 4.25. The van der Waals surface area contributed by atoms with Crippen molar-refractivity contribution in [2.24, 2.45) is 0 Å². The van der Waals surface area contributed by atoms with Gasteiger partial charge in [-0.1, -0.05) is 18.2 Å². The van der Waals surface area contributed by atoms with Gasteiger partial charge in [0.25, 0.3) is 0 Å². The van der Waals surface area contributed by atoms with Gasteiger partial charge in [-0.25, -0.2) is 4.79 Å². The van der Waals surface area contributed by atoms with Crippen molar-refractivity contribution >= 4 is 23.7 Å². The van der Waals surface area contributed by atoms with Crippen LogP contribution < -0.4 is 5.32 Å². The third-order valence-electron chi connectivity index (χ3n) is 2.87. The number of nitrogens with one attached hydrogen (secondary N) is 1. The summed E-state index contributed by atoms with van der Waals surface area (Å²) in [6, 6.07) is 7.65. The molecule has 1 heterocycles. The van der Waals surface area contributed by atoms with Crippen molar-refractivity contribution in [2.75, 3.05) is 13.1 Å². The largest absolute Gasteiger partial charge is 0.336 e. The van der Waals surface area contributed by atoms with E-state index in [4.69, 9.17) is 0 Å². The average Bonchev–Trinajstić information content (AvgIpc) is 2.77. The topological polar surface area (TPSA) is 49.4 Å². The Bertz CT molecular complexity index is 476. The number of rotatable bonds is 3. The molecule has 0 bridgehead atoms. The Kier molecular flexibility index (Phi) is 3.91. The Morgan fingerprint density at radius 1 is 1.44 bits per heavy atom. The fraction of sp³-hybridized carbons (Fsp3) is 0.385. The fourth-order valence-corrected chi connectivity index (χ4v) is 2.85. The molecule has 1 saturated heterocycles. The lowest BCUT2D eigenvalue weighted by Crippen LogP contribution is -2.38. The summed E-state index contributed by atoms with van der Waals surface area (Å²) >= 11 is 1.50. The van der Waals surface area contributed by atoms with Gasteiger partial charge in [0.2, 0.25) is 5.91 Å². The van der Waals surface area contributed by atoms with Gasteiger partial charge in [-0.3, -0.25) is 9.69 Å². The molecule has 1 aliphatic rings. The Labute approximate surface area is 111 Å². The number of hydrogen-bond donors (Lipinski definition) is 1. The van der Waals surface area contributed by atoms with Crippen LogP contribution in [-0.4, -0.2) is 35.2 Å². The number of carbonyl (C=O) groups excluding carboxylic acids is 2. The van der Waals surface area contributed by atoms with E-state index in [1.165, 1.54) is 16.7 Å². The summed E-state index contributed by atoms with van der Waals surface area (Å²) in [6.07, 6.45) is 0. The summed E-state index contributed by atoms with van der Waals surface area (Å²) in [7, 11) is 0. The van der Waals surface area contributed by atoms with Gasteiger partial charge in [0.1, 0.15) is 0 Å². The molecule has 0 aromatic heterocycles. The van der Waals surface area contributed by atoms with Gasteiger partial charge < -0.3 is 5.32 Å². The molecular formula is C13H16N2O2S. The summed E-state index contributed by atoms with van der Waals surface area (Å²) in [4.78, 5) is 25.9. The summed E-state index contributed by atoms with van der Waals surface area (Å²) in [5, 5.41) is 2.38. The lowest BCUT2D eigenvalue weighted by molar-refractivity contribution is -0.126. The van der Waals surface area contributed by atoms with E-state index in [1.54, 1.807) is 0 Å². The lowest BCUT2D eigenvalue weighted by atomic mass is 10.2. The van der Waals surface area contributed by atoms with E-state index in [-0.39, 0.29) is 17.2 Å². The molecule has 0 saturated carbocycles. The fourth-order valence-electron chi connectivity index (χ4n) is 1.83. The molecule has 5 heteroatoms. The standard InChI is InChI=1S/C13H16N2O2S/c1-9-5-3-4-6-11(9)18-10(2)12(16)15-8-7-14-13(15)17/h3-6,10H,7-8H2,1-2H3,(H,14,17). The highest BCUT2D eigenvalue weighted by atomic mass is 32.2. The molecule has 1 aliphatic heterocycles. The molecule has 1 atom stereocenters. The van der Waals surface area contributed by atoms with Crippen LogP contribution in [0.15, 0.2) is 29.2 Å². The second-order valence-corrected chi connectivity index (χ2v) is 5.63. The first-order valence-corrected chi connectivity index (χ1v) is 6.79. The lowest BCUT2D eigenvalue weighted by Gasteiger charge is -2.18. The number of carbonyl (C=O) groups is 2. The molecule has 1 N–H and O–H groups in total.